The van der Waals surface area contributed by atoms with Crippen molar-refractivity contribution >= 4 is 17.7 Å². The first-order chi connectivity index (χ1) is 13.2. The van der Waals surface area contributed by atoms with Crippen molar-refractivity contribution in [1.29, 1.82) is 0 Å². The van der Waals surface area contributed by atoms with Gasteiger partial charge in [-0.3, -0.25) is 9.59 Å². The highest BCUT2D eigenvalue weighted by Gasteiger charge is 2.58. The van der Waals surface area contributed by atoms with Gasteiger partial charge in [0.25, 0.3) is 0 Å². The molecule has 4 aliphatic carbocycles. The third-order valence-corrected chi connectivity index (χ3v) is 8.60. The number of ether oxygens (including phenoxy) is 1. The van der Waals surface area contributed by atoms with Crippen molar-refractivity contribution in [2.75, 3.05) is 0 Å². The zero-order chi connectivity index (χ0) is 20.1. The Kier molecular flexibility index (Phi) is 4.91. The smallest absolute Gasteiger partial charge is 0.306 e. The topological polar surface area (TPSA) is 83.5 Å². The standard InChI is InChI=1S/C23H32O5/c1-22-11-9-15(28-21(27)8-7-20(25)26)13-14(22)3-4-16-17-5-6-19(24)23(17,2)12-10-18(16)22/h3,15-18H,4-13H2,1-2H3,(H,25,26)/p-1/t15-,16-,17-,18-,22-,23-/m0/s1. The van der Waals surface area contributed by atoms with Crippen LogP contribution < -0.4 is 5.11 Å². The highest BCUT2D eigenvalue weighted by atomic mass is 16.5. The van der Waals surface area contributed by atoms with E-state index >= 15 is 0 Å². The second kappa shape index (κ2) is 7.00. The first-order valence-corrected chi connectivity index (χ1v) is 10.9. The molecule has 4 rings (SSSR count). The van der Waals surface area contributed by atoms with Crippen molar-refractivity contribution in [2.24, 2.45) is 28.6 Å². The molecule has 0 aromatic carbocycles. The van der Waals surface area contributed by atoms with Crippen molar-refractivity contribution in [2.45, 2.75) is 84.2 Å². The van der Waals surface area contributed by atoms with Crippen LogP contribution in [0.25, 0.3) is 0 Å². The molecule has 154 valence electrons. The number of rotatable bonds is 4. The summed E-state index contributed by atoms with van der Waals surface area (Å²) in [7, 11) is 0. The van der Waals surface area contributed by atoms with Crippen molar-refractivity contribution < 1.29 is 24.2 Å². The van der Waals surface area contributed by atoms with Crippen molar-refractivity contribution in [3.8, 4) is 0 Å². The number of fused-ring (bicyclic) bond motifs is 5. The number of Topliss-reactive ketones (excluding diaryl/α,β-unsaturated/α-hetero) is 1. The van der Waals surface area contributed by atoms with E-state index in [1.165, 1.54) is 5.57 Å². The lowest BCUT2D eigenvalue weighted by atomic mass is 9.48. The summed E-state index contributed by atoms with van der Waals surface area (Å²) >= 11 is 0. The van der Waals surface area contributed by atoms with Gasteiger partial charge in [0.1, 0.15) is 11.9 Å². The Balaban J connectivity index is 1.46. The van der Waals surface area contributed by atoms with Gasteiger partial charge in [0.05, 0.1) is 6.42 Å². The van der Waals surface area contributed by atoms with Gasteiger partial charge in [0, 0.05) is 24.2 Å². The Bertz CT molecular complexity index is 725. The summed E-state index contributed by atoms with van der Waals surface area (Å²) in [5.74, 6) is 0.554. The number of carboxylic acid groups (broad SMARTS) is 1. The van der Waals surface area contributed by atoms with E-state index in [2.05, 4.69) is 19.9 Å². The van der Waals surface area contributed by atoms with Crippen LogP contribution in [0.4, 0.5) is 0 Å². The average Bonchev–Trinajstić information content (AvgIpc) is 2.95. The van der Waals surface area contributed by atoms with Crippen LogP contribution in [0.2, 0.25) is 0 Å². The number of carboxylic acids is 1. The monoisotopic (exact) mass is 387 g/mol. The fourth-order valence-electron chi connectivity index (χ4n) is 6.95. The predicted molar refractivity (Wildman–Crippen MR) is 101 cm³/mol. The number of esters is 1. The van der Waals surface area contributed by atoms with Crippen LogP contribution in [-0.4, -0.2) is 23.8 Å². The van der Waals surface area contributed by atoms with E-state index in [-0.39, 0.29) is 29.8 Å². The molecule has 0 aromatic rings. The lowest BCUT2D eigenvalue weighted by Gasteiger charge is -2.56. The van der Waals surface area contributed by atoms with Crippen LogP contribution in [0.3, 0.4) is 0 Å². The van der Waals surface area contributed by atoms with E-state index in [4.69, 9.17) is 4.74 Å². The molecule has 5 heteroatoms. The van der Waals surface area contributed by atoms with E-state index in [9.17, 15) is 19.5 Å². The molecule has 0 amide bonds. The van der Waals surface area contributed by atoms with Gasteiger partial charge in [-0.1, -0.05) is 25.5 Å². The lowest BCUT2D eigenvalue weighted by Crippen LogP contribution is -2.50. The fourth-order valence-corrected chi connectivity index (χ4v) is 6.95. The Morgan fingerprint density at radius 1 is 1.11 bits per heavy atom. The number of carbonyl (C=O) groups excluding carboxylic acids is 3. The molecule has 0 radical (unpaired) electrons. The van der Waals surface area contributed by atoms with E-state index in [0.29, 0.717) is 23.5 Å². The van der Waals surface area contributed by atoms with Crippen LogP contribution >= 0.6 is 0 Å². The third kappa shape index (κ3) is 3.11. The minimum Gasteiger partial charge on any atom is -0.550 e. The average molecular weight is 387 g/mol. The number of hydrogen-bond acceptors (Lipinski definition) is 5. The van der Waals surface area contributed by atoms with Gasteiger partial charge in [-0.2, -0.15) is 0 Å². The quantitative estimate of drug-likeness (QED) is 0.547. The van der Waals surface area contributed by atoms with Crippen LogP contribution in [0.15, 0.2) is 11.6 Å². The molecule has 0 spiro atoms. The summed E-state index contributed by atoms with van der Waals surface area (Å²) in [6.07, 6.45) is 9.38. The maximum absolute atomic E-state index is 12.5. The van der Waals surface area contributed by atoms with Crippen molar-refractivity contribution in [1.82, 2.24) is 0 Å². The molecule has 4 aliphatic rings. The summed E-state index contributed by atoms with van der Waals surface area (Å²) in [6.45, 7) is 4.58. The Hall–Kier alpha value is -1.65. The van der Waals surface area contributed by atoms with Crippen LogP contribution in [0, 0.1) is 28.6 Å². The highest BCUT2D eigenvalue weighted by molar-refractivity contribution is 5.87. The number of hydrogen-bond donors (Lipinski definition) is 0. The largest absolute Gasteiger partial charge is 0.550 e. The molecule has 0 bridgehead atoms. The second-order valence-corrected chi connectivity index (χ2v) is 9.90. The summed E-state index contributed by atoms with van der Waals surface area (Å²) in [5.41, 5.74) is 1.45. The Morgan fingerprint density at radius 2 is 1.82 bits per heavy atom. The molecule has 0 aliphatic heterocycles. The normalized spacial score (nSPS) is 42.1. The van der Waals surface area contributed by atoms with E-state index in [0.717, 1.165) is 51.4 Å². The molecule has 3 saturated carbocycles. The Labute approximate surface area is 166 Å². The minimum absolute atomic E-state index is 0.103. The van der Waals surface area contributed by atoms with E-state index in [1.54, 1.807) is 0 Å². The second-order valence-electron chi connectivity index (χ2n) is 9.90. The van der Waals surface area contributed by atoms with Crippen LogP contribution in [0.5, 0.6) is 0 Å². The molecule has 0 heterocycles. The maximum Gasteiger partial charge on any atom is 0.306 e. The Morgan fingerprint density at radius 3 is 2.57 bits per heavy atom. The molecule has 0 saturated heterocycles. The van der Waals surface area contributed by atoms with Gasteiger partial charge < -0.3 is 14.6 Å². The summed E-state index contributed by atoms with van der Waals surface area (Å²) < 4.78 is 5.56. The molecule has 28 heavy (non-hydrogen) atoms. The highest BCUT2D eigenvalue weighted by Crippen LogP contribution is 2.64. The number of ketones is 1. The number of carbonyl (C=O) groups is 3. The first kappa shape index (κ1) is 19.7. The molecular weight excluding hydrogens is 356 g/mol. The number of allylic oxidation sites excluding steroid dienone is 1. The molecule has 0 unspecified atom stereocenters. The van der Waals surface area contributed by atoms with Gasteiger partial charge in [0.15, 0.2) is 0 Å². The van der Waals surface area contributed by atoms with Crippen molar-refractivity contribution in [3.63, 3.8) is 0 Å². The summed E-state index contributed by atoms with van der Waals surface area (Å²) in [4.78, 5) is 34.9. The molecule has 0 aromatic heterocycles. The molecule has 3 fully saturated rings. The van der Waals surface area contributed by atoms with Gasteiger partial charge >= 0.3 is 5.97 Å². The summed E-state index contributed by atoms with van der Waals surface area (Å²) in [6, 6.07) is 0. The van der Waals surface area contributed by atoms with E-state index in [1.807, 2.05) is 0 Å². The van der Waals surface area contributed by atoms with Crippen LogP contribution in [-0.2, 0) is 19.1 Å². The molecule has 6 atom stereocenters. The molecule has 5 nitrogen and oxygen atoms in total. The van der Waals surface area contributed by atoms with Crippen molar-refractivity contribution in [3.05, 3.63) is 11.6 Å². The zero-order valence-corrected chi connectivity index (χ0v) is 17.0. The minimum atomic E-state index is -1.22. The lowest BCUT2D eigenvalue weighted by molar-refractivity contribution is -0.305. The maximum atomic E-state index is 12.5. The molecular formula is C23H31O5-. The van der Waals surface area contributed by atoms with Gasteiger partial charge in [-0.15, -0.1) is 0 Å². The van der Waals surface area contributed by atoms with Gasteiger partial charge in [0.2, 0.25) is 0 Å². The van der Waals surface area contributed by atoms with Crippen LogP contribution in [0.1, 0.15) is 78.1 Å². The fraction of sp³-hybridized carbons (Fsp3) is 0.783. The van der Waals surface area contributed by atoms with E-state index < -0.39 is 11.9 Å². The summed E-state index contributed by atoms with van der Waals surface area (Å²) in [5, 5.41) is 10.5. The van der Waals surface area contributed by atoms with Gasteiger partial charge in [-0.25, -0.2) is 0 Å². The zero-order valence-electron chi connectivity index (χ0n) is 17.0. The SMILES string of the molecule is C[C@]12CC[C@H](OC(=O)CCC(=O)[O-])CC1=CC[C@@H]1[C@@H]2CC[C@]2(C)C(=O)CC[C@@H]12. The van der Waals surface area contributed by atoms with Gasteiger partial charge in [-0.05, 0) is 68.1 Å². The molecule has 0 N–H and O–H groups in total. The third-order valence-electron chi connectivity index (χ3n) is 8.60. The predicted octanol–water partition coefficient (Wildman–Crippen LogP) is 2.96. The first-order valence-electron chi connectivity index (χ1n) is 10.9. The number of aliphatic carboxylic acids is 1.